The van der Waals surface area contributed by atoms with Gasteiger partial charge in [-0.2, -0.15) is 11.8 Å². The third kappa shape index (κ3) is 2.64. The molecular formula is C22H36S. The zero-order valence-electron chi connectivity index (χ0n) is 15.2. The fraction of sp³-hybridized carbons (Fsp3) is 0.909. The van der Waals surface area contributed by atoms with Gasteiger partial charge in [-0.15, -0.1) is 6.58 Å². The van der Waals surface area contributed by atoms with E-state index in [0.29, 0.717) is 5.41 Å². The molecule has 0 radical (unpaired) electrons. The minimum Gasteiger partial charge on any atom is -0.157 e. The summed E-state index contributed by atoms with van der Waals surface area (Å²) in [6.45, 7) is 6.60. The molecule has 0 aromatic carbocycles. The third-order valence-corrected chi connectivity index (χ3v) is 9.88. The quantitative estimate of drug-likeness (QED) is 0.407. The molecule has 4 rings (SSSR count). The molecule has 0 aliphatic heterocycles. The molecule has 1 heteroatoms. The lowest BCUT2D eigenvalue weighted by Crippen LogP contribution is -2.54. The summed E-state index contributed by atoms with van der Waals surface area (Å²) >= 11 is 2.20. The van der Waals surface area contributed by atoms with Crippen LogP contribution in [-0.4, -0.2) is 11.5 Å². The fourth-order valence-corrected chi connectivity index (χ4v) is 8.93. The molecule has 0 saturated heterocycles. The molecule has 0 bridgehead atoms. The molecule has 0 aromatic rings. The normalized spacial score (nSPS) is 49.1. The highest BCUT2D eigenvalue weighted by Gasteiger charge is 2.58. The lowest BCUT2D eigenvalue weighted by Gasteiger charge is -2.61. The number of thioether (sulfide) groups is 1. The largest absolute Gasteiger partial charge is 0.157 e. The summed E-state index contributed by atoms with van der Waals surface area (Å²) in [4.78, 5) is 0. The Morgan fingerprint density at radius 3 is 2.74 bits per heavy atom. The Kier molecular flexibility index (Phi) is 4.63. The van der Waals surface area contributed by atoms with Crippen molar-refractivity contribution in [3.8, 4) is 0 Å². The molecule has 1 unspecified atom stereocenters. The van der Waals surface area contributed by atoms with Crippen molar-refractivity contribution in [1.29, 1.82) is 0 Å². The first kappa shape index (κ1) is 16.6. The minimum atomic E-state index is 0.707. The molecule has 4 aliphatic rings. The van der Waals surface area contributed by atoms with E-state index in [0.717, 1.165) is 34.8 Å². The maximum Gasteiger partial charge on any atom is 0.0110 e. The van der Waals surface area contributed by atoms with Crippen molar-refractivity contribution in [3.05, 3.63) is 12.7 Å². The number of hydrogen-bond acceptors (Lipinski definition) is 1. The highest BCUT2D eigenvalue weighted by Crippen LogP contribution is 2.66. The first-order valence-corrected chi connectivity index (χ1v) is 11.5. The van der Waals surface area contributed by atoms with Crippen molar-refractivity contribution in [3.63, 3.8) is 0 Å². The maximum absolute atomic E-state index is 3.96. The SMILES string of the molecule is C=CCSC[C@]12CCCCC1CC[C@@H]1[C@H]2CC[C@]2(C)CCC[C@@H]12. The summed E-state index contributed by atoms with van der Waals surface area (Å²) in [5.41, 5.74) is 1.43. The molecule has 6 atom stereocenters. The van der Waals surface area contributed by atoms with Gasteiger partial charge in [-0.05, 0) is 91.6 Å². The summed E-state index contributed by atoms with van der Waals surface area (Å²) in [5, 5.41) is 0. The Labute approximate surface area is 148 Å². The lowest BCUT2D eigenvalue weighted by atomic mass is 9.45. The third-order valence-electron chi connectivity index (χ3n) is 8.67. The minimum absolute atomic E-state index is 0.707. The smallest absolute Gasteiger partial charge is 0.0110 e. The number of rotatable bonds is 4. The van der Waals surface area contributed by atoms with Gasteiger partial charge < -0.3 is 0 Å². The van der Waals surface area contributed by atoms with Crippen molar-refractivity contribution in [1.82, 2.24) is 0 Å². The predicted molar refractivity (Wildman–Crippen MR) is 103 cm³/mol. The van der Waals surface area contributed by atoms with Gasteiger partial charge >= 0.3 is 0 Å². The Bertz CT molecular complexity index is 443. The van der Waals surface area contributed by atoms with Gasteiger partial charge in [-0.3, -0.25) is 0 Å². The number of hydrogen-bond donors (Lipinski definition) is 0. The first-order valence-electron chi connectivity index (χ1n) is 10.4. The predicted octanol–water partition coefficient (Wildman–Crippen LogP) is 6.71. The average Bonchev–Trinajstić information content (AvgIpc) is 2.96. The molecule has 0 nitrogen and oxygen atoms in total. The van der Waals surface area contributed by atoms with Crippen LogP contribution >= 0.6 is 11.8 Å². The van der Waals surface area contributed by atoms with Crippen LogP contribution in [0.15, 0.2) is 12.7 Å². The molecule has 4 fully saturated rings. The van der Waals surface area contributed by atoms with Crippen molar-refractivity contribution >= 4 is 11.8 Å². The monoisotopic (exact) mass is 332 g/mol. The highest BCUT2D eigenvalue weighted by molar-refractivity contribution is 7.99. The van der Waals surface area contributed by atoms with E-state index in [1.165, 1.54) is 31.4 Å². The standard InChI is InChI=1S/C22H36S/c1-3-15-23-16-22-13-5-4-7-17(22)9-10-18-19-8-6-12-21(19,2)14-11-20(18)22/h3,17-20H,1,4-16H2,2H3/t17?,18-,19-,20+,21-,22+/m0/s1. The van der Waals surface area contributed by atoms with E-state index in [-0.39, 0.29) is 0 Å². The first-order chi connectivity index (χ1) is 11.2. The van der Waals surface area contributed by atoms with Crippen LogP contribution in [0.2, 0.25) is 0 Å². The summed E-state index contributed by atoms with van der Waals surface area (Å²) in [5.74, 6) is 6.87. The molecule has 130 valence electrons. The van der Waals surface area contributed by atoms with Crippen molar-refractivity contribution in [2.75, 3.05) is 11.5 Å². The van der Waals surface area contributed by atoms with Crippen LogP contribution in [0.1, 0.15) is 77.6 Å². The molecule has 23 heavy (non-hydrogen) atoms. The van der Waals surface area contributed by atoms with Crippen LogP contribution in [0.5, 0.6) is 0 Å². The van der Waals surface area contributed by atoms with Crippen molar-refractivity contribution < 1.29 is 0 Å². The molecule has 0 amide bonds. The zero-order chi connectivity index (χ0) is 15.9. The summed E-state index contributed by atoms with van der Waals surface area (Å²) < 4.78 is 0. The lowest BCUT2D eigenvalue weighted by molar-refractivity contribution is -0.100. The molecule has 0 spiro atoms. The molecule has 0 N–H and O–H groups in total. The summed E-state index contributed by atoms with van der Waals surface area (Å²) in [6, 6.07) is 0. The van der Waals surface area contributed by atoms with Crippen LogP contribution < -0.4 is 0 Å². The van der Waals surface area contributed by atoms with Crippen LogP contribution in [0.3, 0.4) is 0 Å². The second-order valence-electron chi connectivity index (χ2n) is 9.52. The van der Waals surface area contributed by atoms with Crippen molar-refractivity contribution in [2.45, 2.75) is 77.6 Å². The Morgan fingerprint density at radius 2 is 1.87 bits per heavy atom. The van der Waals surface area contributed by atoms with Crippen LogP contribution in [0.4, 0.5) is 0 Å². The van der Waals surface area contributed by atoms with Gasteiger partial charge in [0.25, 0.3) is 0 Å². The molecule has 4 aliphatic carbocycles. The van der Waals surface area contributed by atoms with E-state index in [1.807, 2.05) is 0 Å². The molecule has 0 heterocycles. The van der Waals surface area contributed by atoms with Gasteiger partial charge in [-0.1, -0.05) is 32.3 Å². The van der Waals surface area contributed by atoms with E-state index in [4.69, 9.17) is 0 Å². The number of fused-ring (bicyclic) bond motifs is 5. The van der Waals surface area contributed by atoms with E-state index in [2.05, 4.69) is 31.3 Å². The molecule has 4 saturated carbocycles. The maximum atomic E-state index is 3.96. The Balaban J connectivity index is 1.61. The van der Waals surface area contributed by atoms with Gasteiger partial charge in [0.05, 0.1) is 0 Å². The molecular weight excluding hydrogens is 296 g/mol. The van der Waals surface area contributed by atoms with E-state index in [1.54, 1.807) is 44.9 Å². The van der Waals surface area contributed by atoms with Gasteiger partial charge in [-0.25, -0.2) is 0 Å². The average molecular weight is 333 g/mol. The van der Waals surface area contributed by atoms with Gasteiger partial charge in [0.15, 0.2) is 0 Å². The van der Waals surface area contributed by atoms with Gasteiger partial charge in [0.2, 0.25) is 0 Å². The summed E-state index contributed by atoms with van der Waals surface area (Å²) in [7, 11) is 0. The second kappa shape index (κ2) is 6.43. The van der Waals surface area contributed by atoms with E-state index < -0.39 is 0 Å². The van der Waals surface area contributed by atoms with Gasteiger partial charge in [0, 0.05) is 5.75 Å². The highest BCUT2D eigenvalue weighted by atomic mass is 32.2. The van der Waals surface area contributed by atoms with E-state index >= 15 is 0 Å². The van der Waals surface area contributed by atoms with E-state index in [9.17, 15) is 0 Å². The second-order valence-corrected chi connectivity index (χ2v) is 10.5. The van der Waals surface area contributed by atoms with Crippen LogP contribution in [0, 0.1) is 34.5 Å². The van der Waals surface area contributed by atoms with Crippen LogP contribution in [-0.2, 0) is 0 Å². The topological polar surface area (TPSA) is 0 Å². The Morgan fingerprint density at radius 1 is 0.957 bits per heavy atom. The van der Waals surface area contributed by atoms with Crippen LogP contribution in [0.25, 0.3) is 0 Å². The zero-order valence-corrected chi connectivity index (χ0v) is 16.0. The Hall–Kier alpha value is 0.0900. The fourth-order valence-electron chi connectivity index (χ4n) is 7.68. The van der Waals surface area contributed by atoms with Crippen molar-refractivity contribution in [2.24, 2.45) is 34.5 Å². The summed E-state index contributed by atoms with van der Waals surface area (Å²) in [6.07, 6.45) is 19.1. The molecule has 0 aromatic heterocycles. The van der Waals surface area contributed by atoms with Gasteiger partial charge in [0.1, 0.15) is 0 Å².